The number of methoxy groups -OCH3 is 2. The Bertz CT molecular complexity index is 1410. The zero-order chi connectivity index (χ0) is 28.7. The minimum Gasteiger partial charge on any atom is -0.466 e. The Labute approximate surface area is 225 Å². The third-order valence-corrected chi connectivity index (χ3v) is 5.85. The molecule has 1 aliphatic heterocycles. The van der Waals surface area contributed by atoms with Crippen molar-refractivity contribution in [2.45, 2.75) is 19.8 Å². The number of carbonyl (C=O) groups excluding carboxylic acids is 4. The molecule has 2 aromatic rings. The van der Waals surface area contributed by atoms with Crippen LogP contribution in [0.2, 0.25) is 0 Å². The number of ether oxygens (including phenoxy) is 4. The van der Waals surface area contributed by atoms with Crippen molar-refractivity contribution in [2.75, 3.05) is 32.3 Å². The van der Waals surface area contributed by atoms with Crippen molar-refractivity contribution in [1.82, 2.24) is 0 Å². The van der Waals surface area contributed by atoms with Crippen LogP contribution in [0.15, 0.2) is 71.2 Å². The highest BCUT2D eigenvalue weighted by atomic mass is 16.5. The molecule has 0 aromatic heterocycles. The lowest BCUT2D eigenvalue weighted by atomic mass is 9.80. The second kappa shape index (κ2) is 12.4. The fourth-order valence-corrected chi connectivity index (χ4v) is 4.21. The molecular weight excluding hydrogens is 506 g/mol. The van der Waals surface area contributed by atoms with Crippen LogP contribution in [0.3, 0.4) is 0 Å². The summed E-state index contributed by atoms with van der Waals surface area (Å²) >= 11 is 0. The molecule has 1 aliphatic rings. The highest BCUT2D eigenvalue weighted by molar-refractivity contribution is 6.08. The van der Waals surface area contributed by atoms with Crippen LogP contribution < -0.4 is 10.6 Å². The van der Waals surface area contributed by atoms with Gasteiger partial charge >= 0.3 is 23.9 Å². The Kier molecular flexibility index (Phi) is 9.07. The van der Waals surface area contributed by atoms with Gasteiger partial charge in [-0.05, 0) is 37.6 Å². The smallest absolute Gasteiger partial charge is 0.355 e. The molecule has 202 valence electrons. The van der Waals surface area contributed by atoms with Crippen LogP contribution >= 0.6 is 0 Å². The number of esters is 4. The molecule has 0 bridgehead atoms. The fraction of sp³-hybridized carbons (Fsp3) is 0.250. The molecule has 0 saturated heterocycles. The highest BCUT2D eigenvalue weighted by Crippen LogP contribution is 2.44. The summed E-state index contributed by atoms with van der Waals surface area (Å²) in [4.78, 5) is 53.0. The summed E-state index contributed by atoms with van der Waals surface area (Å²) in [5, 5.41) is 10.2. The summed E-state index contributed by atoms with van der Waals surface area (Å²) in [6, 6.07) is 14.4. The number of nitrogens with zero attached hydrogens (tertiary/aromatic N) is 2. The van der Waals surface area contributed by atoms with E-state index in [4.69, 9.17) is 24.7 Å². The first kappa shape index (κ1) is 28.5. The van der Waals surface area contributed by atoms with Crippen molar-refractivity contribution in [3.63, 3.8) is 0 Å². The summed E-state index contributed by atoms with van der Waals surface area (Å²) in [5.74, 6) is -4.78. The molecule has 11 nitrogen and oxygen atoms in total. The average molecular weight is 534 g/mol. The summed E-state index contributed by atoms with van der Waals surface area (Å²) < 4.78 is 20.3. The van der Waals surface area contributed by atoms with Crippen LogP contribution in [-0.4, -0.2) is 51.3 Å². The second-order valence-electron chi connectivity index (χ2n) is 8.01. The molecule has 2 N–H and O–H groups in total. The molecule has 2 aromatic carbocycles. The molecule has 11 heteroatoms. The lowest BCUT2D eigenvalue weighted by molar-refractivity contribution is -0.139. The summed E-state index contributed by atoms with van der Waals surface area (Å²) in [5.41, 5.74) is 6.13. The van der Waals surface area contributed by atoms with E-state index in [9.17, 15) is 24.4 Å². The average Bonchev–Trinajstić information content (AvgIpc) is 2.96. The number of benzene rings is 2. The van der Waals surface area contributed by atoms with Gasteiger partial charge in [0.2, 0.25) is 0 Å². The van der Waals surface area contributed by atoms with E-state index in [0.29, 0.717) is 5.56 Å². The number of anilines is 1. The van der Waals surface area contributed by atoms with Crippen LogP contribution in [0, 0.1) is 11.3 Å². The van der Waals surface area contributed by atoms with Gasteiger partial charge in [0.05, 0.1) is 67.4 Å². The zero-order valence-electron chi connectivity index (χ0n) is 21.8. The normalized spacial score (nSPS) is 14.8. The summed E-state index contributed by atoms with van der Waals surface area (Å²) in [6.07, 6.45) is 0. The third kappa shape index (κ3) is 5.45. The Balaban J connectivity index is 2.44. The maximum absolute atomic E-state index is 13.3. The van der Waals surface area contributed by atoms with E-state index in [1.807, 2.05) is 6.07 Å². The lowest BCUT2D eigenvalue weighted by Gasteiger charge is -2.36. The van der Waals surface area contributed by atoms with Gasteiger partial charge in [-0.1, -0.05) is 30.3 Å². The third-order valence-electron chi connectivity index (χ3n) is 5.85. The highest BCUT2D eigenvalue weighted by Gasteiger charge is 2.44. The van der Waals surface area contributed by atoms with E-state index in [2.05, 4.69) is 0 Å². The minimum absolute atomic E-state index is 0.000135. The molecule has 0 fully saturated rings. The monoisotopic (exact) mass is 533 g/mol. The SMILES string of the molecule is CCOC(=O)c1ccc(N2C(N)=C(C#N)C(c3ccccc3)C(C(=O)OC)=C2C(=O)OC)c(C(=O)OCC)c1. The molecule has 3 rings (SSSR count). The number of nitrogens with two attached hydrogens (primary N) is 1. The number of nitriles is 1. The molecular formula is C28H27N3O8. The molecule has 1 heterocycles. The van der Waals surface area contributed by atoms with E-state index < -0.39 is 29.8 Å². The second-order valence-corrected chi connectivity index (χ2v) is 8.01. The Hall–Kier alpha value is -5.11. The first-order chi connectivity index (χ1) is 18.7. The Morgan fingerprint density at radius 3 is 2.08 bits per heavy atom. The number of hydrogen-bond acceptors (Lipinski definition) is 11. The van der Waals surface area contributed by atoms with Crippen LogP contribution in [0.1, 0.15) is 46.0 Å². The number of rotatable bonds is 8. The first-order valence-electron chi connectivity index (χ1n) is 11.9. The van der Waals surface area contributed by atoms with Gasteiger partial charge in [0, 0.05) is 0 Å². The summed E-state index contributed by atoms with van der Waals surface area (Å²) in [6.45, 7) is 3.32. The van der Waals surface area contributed by atoms with Gasteiger partial charge in [0.15, 0.2) is 0 Å². The maximum Gasteiger partial charge on any atom is 0.355 e. The summed E-state index contributed by atoms with van der Waals surface area (Å²) in [7, 11) is 2.23. The number of hydrogen-bond donors (Lipinski definition) is 1. The predicted molar refractivity (Wildman–Crippen MR) is 138 cm³/mol. The molecule has 39 heavy (non-hydrogen) atoms. The van der Waals surface area contributed by atoms with E-state index in [1.165, 1.54) is 18.2 Å². The number of carbonyl (C=O) groups is 4. The molecule has 0 spiro atoms. The van der Waals surface area contributed by atoms with Gasteiger partial charge in [-0.2, -0.15) is 5.26 Å². The molecule has 0 saturated carbocycles. The molecule has 0 amide bonds. The predicted octanol–water partition coefficient (Wildman–Crippen LogP) is 2.94. The van der Waals surface area contributed by atoms with Gasteiger partial charge in [-0.15, -0.1) is 0 Å². The topological polar surface area (TPSA) is 158 Å². The van der Waals surface area contributed by atoms with Crippen molar-refractivity contribution in [3.8, 4) is 6.07 Å². The van der Waals surface area contributed by atoms with E-state index in [0.717, 1.165) is 19.1 Å². The van der Waals surface area contributed by atoms with Gasteiger partial charge in [-0.3, -0.25) is 4.90 Å². The molecule has 1 atom stereocenters. The van der Waals surface area contributed by atoms with Crippen molar-refractivity contribution in [3.05, 3.63) is 87.9 Å². The standard InChI is InChI=1S/C28H27N3O8/c1-5-38-25(32)17-12-13-20(18(14-17)26(33)39-6-2)31-23(28(35)37-4)22(27(34)36-3)21(19(15-29)24(31)30)16-10-8-7-9-11-16/h7-14,21H,5-6,30H2,1-4H3. The molecule has 0 radical (unpaired) electrons. The van der Waals surface area contributed by atoms with Crippen LogP contribution in [-0.2, 0) is 28.5 Å². The van der Waals surface area contributed by atoms with E-state index >= 15 is 0 Å². The van der Waals surface area contributed by atoms with Crippen LogP contribution in [0.4, 0.5) is 5.69 Å². The zero-order valence-corrected chi connectivity index (χ0v) is 21.8. The van der Waals surface area contributed by atoms with E-state index in [1.54, 1.807) is 44.2 Å². The van der Waals surface area contributed by atoms with Crippen molar-refractivity contribution in [2.24, 2.45) is 5.73 Å². The maximum atomic E-state index is 13.3. The van der Waals surface area contributed by atoms with Crippen molar-refractivity contribution < 1.29 is 38.1 Å². The Morgan fingerprint density at radius 2 is 1.51 bits per heavy atom. The number of allylic oxidation sites excluding steroid dienone is 1. The first-order valence-corrected chi connectivity index (χ1v) is 11.9. The van der Waals surface area contributed by atoms with Gasteiger partial charge < -0.3 is 24.7 Å². The van der Waals surface area contributed by atoms with Crippen molar-refractivity contribution >= 4 is 29.6 Å². The Morgan fingerprint density at radius 1 is 0.897 bits per heavy atom. The lowest BCUT2D eigenvalue weighted by Crippen LogP contribution is -2.41. The largest absolute Gasteiger partial charge is 0.466 e. The molecule has 1 unspecified atom stereocenters. The minimum atomic E-state index is -1.08. The van der Waals surface area contributed by atoms with Crippen LogP contribution in [0.25, 0.3) is 0 Å². The van der Waals surface area contributed by atoms with Crippen LogP contribution in [0.5, 0.6) is 0 Å². The van der Waals surface area contributed by atoms with Gasteiger partial charge in [0.1, 0.15) is 11.5 Å². The van der Waals surface area contributed by atoms with Crippen molar-refractivity contribution in [1.29, 1.82) is 5.26 Å². The quantitative estimate of drug-likeness (QED) is 0.393. The van der Waals surface area contributed by atoms with Gasteiger partial charge in [0.25, 0.3) is 0 Å². The van der Waals surface area contributed by atoms with E-state index in [-0.39, 0.29) is 52.7 Å². The van der Waals surface area contributed by atoms with Gasteiger partial charge in [-0.25, -0.2) is 19.2 Å². The fourth-order valence-electron chi connectivity index (χ4n) is 4.21. The molecule has 0 aliphatic carbocycles.